The SMILES string of the molecule is CC(C)[C@@H](CCCCN)C(N)=O. The van der Waals surface area contributed by atoms with E-state index >= 15 is 0 Å². The van der Waals surface area contributed by atoms with Gasteiger partial charge in [-0.1, -0.05) is 20.3 Å². The standard InChI is InChI=1S/C9H20N2O/c1-7(2)8(9(11)12)5-3-4-6-10/h7-8H,3-6,10H2,1-2H3,(H2,11,12)/t8-/m1/s1. The number of rotatable bonds is 6. The molecule has 3 nitrogen and oxygen atoms in total. The van der Waals surface area contributed by atoms with Crippen molar-refractivity contribution in [2.24, 2.45) is 23.3 Å². The number of carbonyl (C=O) groups excluding carboxylic acids is 1. The van der Waals surface area contributed by atoms with Gasteiger partial charge in [0.25, 0.3) is 0 Å². The van der Waals surface area contributed by atoms with E-state index in [2.05, 4.69) is 0 Å². The third-order valence-electron chi connectivity index (χ3n) is 2.14. The normalized spacial score (nSPS) is 13.3. The van der Waals surface area contributed by atoms with Gasteiger partial charge in [-0.2, -0.15) is 0 Å². The third kappa shape index (κ3) is 4.34. The van der Waals surface area contributed by atoms with Gasteiger partial charge in [-0.15, -0.1) is 0 Å². The fourth-order valence-electron chi connectivity index (χ4n) is 1.31. The van der Waals surface area contributed by atoms with Gasteiger partial charge in [-0.05, 0) is 25.3 Å². The van der Waals surface area contributed by atoms with Crippen LogP contribution in [0.3, 0.4) is 0 Å². The molecule has 0 saturated carbocycles. The number of amides is 1. The van der Waals surface area contributed by atoms with Crippen molar-refractivity contribution in [2.45, 2.75) is 33.1 Å². The van der Waals surface area contributed by atoms with E-state index in [0.29, 0.717) is 12.5 Å². The molecule has 0 heterocycles. The van der Waals surface area contributed by atoms with Crippen molar-refractivity contribution in [3.05, 3.63) is 0 Å². The summed E-state index contributed by atoms with van der Waals surface area (Å²) in [6.07, 6.45) is 2.86. The zero-order valence-electron chi connectivity index (χ0n) is 8.05. The lowest BCUT2D eigenvalue weighted by Gasteiger charge is -2.16. The Labute approximate surface area is 74.5 Å². The lowest BCUT2D eigenvalue weighted by atomic mass is 9.90. The molecule has 0 spiro atoms. The minimum absolute atomic E-state index is 0.0246. The van der Waals surface area contributed by atoms with Crippen LogP contribution in [0.15, 0.2) is 0 Å². The number of carbonyl (C=O) groups is 1. The van der Waals surface area contributed by atoms with E-state index in [1.807, 2.05) is 13.8 Å². The molecule has 0 fully saturated rings. The molecule has 1 amide bonds. The Balaban J connectivity index is 3.72. The third-order valence-corrected chi connectivity index (χ3v) is 2.14. The van der Waals surface area contributed by atoms with Crippen LogP contribution < -0.4 is 11.5 Å². The van der Waals surface area contributed by atoms with Crippen LogP contribution in [-0.2, 0) is 4.79 Å². The molecule has 0 bridgehead atoms. The molecule has 0 rings (SSSR count). The molecule has 72 valence electrons. The summed E-state index contributed by atoms with van der Waals surface area (Å²) in [6.45, 7) is 4.75. The van der Waals surface area contributed by atoms with Gasteiger partial charge in [0.15, 0.2) is 0 Å². The maximum atomic E-state index is 10.9. The molecular weight excluding hydrogens is 152 g/mol. The predicted octanol–water partition coefficient (Wildman–Crippen LogP) is 0.873. The highest BCUT2D eigenvalue weighted by atomic mass is 16.1. The molecule has 0 aromatic rings. The van der Waals surface area contributed by atoms with Gasteiger partial charge in [0.1, 0.15) is 0 Å². The average molecular weight is 172 g/mol. The van der Waals surface area contributed by atoms with Gasteiger partial charge in [0.2, 0.25) is 5.91 Å². The summed E-state index contributed by atoms with van der Waals surface area (Å²) in [4.78, 5) is 10.9. The van der Waals surface area contributed by atoms with Crippen LogP contribution >= 0.6 is 0 Å². The highest BCUT2D eigenvalue weighted by Gasteiger charge is 2.18. The minimum atomic E-state index is -0.179. The lowest BCUT2D eigenvalue weighted by molar-refractivity contribution is -0.123. The van der Waals surface area contributed by atoms with Crippen molar-refractivity contribution in [1.29, 1.82) is 0 Å². The maximum absolute atomic E-state index is 10.9. The quantitative estimate of drug-likeness (QED) is 0.584. The average Bonchev–Trinajstić information content (AvgIpc) is 1.96. The highest BCUT2D eigenvalue weighted by Crippen LogP contribution is 2.17. The van der Waals surface area contributed by atoms with Gasteiger partial charge >= 0.3 is 0 Å². The van der Waals surface area contributed by atoms with Crippen LogP contribution in [0.1, 0.15) is 33.1 Å². The second-order valence-corrected chi connectivity index (χ2v) is 3.54. The van der Waals surface area contributed by atoms with E-state index < -0.39 is 0 Å². The summed E-state index contributed by atoms with van der Waals surface area (Å²) in [5.74, 6) is 0.193. The summed E-state index contributed by atoms with van der Waals surface area (Å²) in [6, 6.07) is 0. The highest BCUT2D eigenvalue weighted by molar-refractivity contribution is 5.76. The first kappa shape index (κ1) is 11.4. The monoisotopic (exact) mass is 172 g/mol. The summed E-state index contributed by atoms with van der Waals surface area (Å²) in [7, 11) is 0. The molecule has 0 saturated heterocycles. The van der Waals surface area contributed by atoms with Gasteiger partial charge in [0.05, 0.1) is 0 Å². The van der Waals surface area contributed by atoms with E-state index in [-0.39, 0.29) is 11.8 Å². The number of primary amides is 1. The number of unbranched alkanes of at least 4 members (excludes halogenated alkanes) is 1. The zero-order valence-corrected chi connectivity index (χ0v) is 8.05. The minimum Gasteiger partial charge on any atom is -0.369 e. The molecule has 0 aliphatic rings. The van der Waals surface area contributed by atoms with Crippen molar-refractivity contribution >= 4 is 5.91 Å². The molecule has 0 radical (unpaired) electrons. The predicted molar refractivity (Wildman–Crippen MR) is 50.4 cm³/mol. The Kier molecular flexibility index (Phi) is 5.72. The number of hydrogen-bond acceptors (Lipinski definition) is 2. The number of nitrogens with two attached hydrogens (primary N) is 2. The van der Waals surface area contributed by atoms with Crippen LogP contribution in [0.4, 0.5) is 0 Å². The number of hydrogen-bond donors (Lipinski definition) is 2. The Morgan fingerprint density at radius 1 is 1.33 bits per heavy atom. The van der Waals surface area contributed by atoms with Crippen molar-refractivity contribution in [1.82, 2.24) is 0 Å². The van der Waals surface area contributed by atoms with Crippen molar-refractivity contribution in [3.63, 3.8) is 0 Å². The van der Waals surface area contributed by atoms with Crippen molar-refractivity contribution in [2.75, 3.05) is 6.54 Å². The van der Waals surface area contributed by atoms with Gasteiger partial charge in [0, 0.05) is 5.92 Å². The molecular formula is C9H20N2O. The summed E-state index contributed by atoms with van der Waals surface area (Å²) in [5, 5.41) is 0. The summed E-state index contributed by atoms with van der Waals surface area (Å²) < 4.78 is 0. The van der Waals surface area contributed by atoms with E-state index in [4.69, 9.17) is 11.5 Å². The van der Waals surface area contributed by atoms with E-state index in [1.165, 1.54) is 0 Å². The molecule has 3 heteroatoms. The van der Waals surface area contributed by atoms with Gasteiger partial charge < -0.3 is 11.5 Å². The van der Waals surface area contributed by atoms with Crippen molar-refractivity contribution < 1.29 is 4.79 Å². The van der Waals surface area contributed by atoms with E-state index in [1.54, 1.807) is 0 Å². The molecule has 0 aliphatic carbocycles. The zero-order chi connectivity index (χ0) is 9.56. The maximum Gasteiger partial charge on any atom is 0.220 e. The first-order valence-corrected chi connectivity index (χ1v) is 4.59. The first-order valence-electron chi connectivity index (χ1n) is 4.59. The summed E-state index contributed by atoms with van der Waals surface area (Å²) in [5.41, 5.74) is 10.6. The second-order valence-electron chi connectivity index (χ2n) is 3.54. The topological polar surface area (TPSA) is 69.1 Å². The molecule has 0 unspecified atom stereocenters. The Morgan fingerprint density at radius 2 is 1.92 bits per heavy atom. The van der Waals surface area contributed by atoms with Gasteiger partial charge in [-0.25, -0.2) is 0 Å². The van der Waals surface area contributed by atoms with Gasteiger partial charge in [-0.3, -0.25) is 4.79 Å². The van der Waals surface area contributed by atoms with Crippen LogP contribution in [-0.4, -0.2) is 12.5 Å². The smallest absolute Gasteiger partial charge is 0.220 e. The van der Waals surface area contributed by atoms with Crippen LogP contribution in [0.2, 0.25) is 0 Å². The largest absolute Gasteiger partial charge is 0.369 e. The summed E-state index contributed by atoms with van der Waals surface area (Å²) >= 11 is 0. The van der Waals surface area contributed by atoms with Crippen LogP contribution in [0.5, 0.6) is 0 Å². The molecule has 12 heavy (non-hydrogen) atoms. The molecule has 0 aliphatic heterocycles. The second kappa shape index (κ2) is 6.00. The lowest BCUT2D eigenvalue weighted by Crippen LogP contribution is -2.27. The first-order chi connectivity index (χ1) is 5.59. The Hall–Kier alpha value is -0.570. The molecule has 0 aromatic heterocycles. The van der Waals surface area contributed by atoms with Crippen LogP contribution in [0.25, 0.3) is 0 Å². The molecule has 1 atom stereocenters. The van der Waals surface area contributed by atoms with E-state index in [0.717, 1.165) is 19.3 Å². The van der Waals surface area contributed by atoms with Crippen LogP contribution in [0, 0.1) is 11.8 Å². The Bertz CT molecular complexity index is 134. The van der Waals surface area contributed by atoms with Crippen molar-refractivity contribution in [3.8, 4) is 0 Å². The Morgan fingerprint density at radius 3 is 2.25 bits per heavy atom. The fourth-order valence-corrected chi connectivity index (χ4v) is 1.31. The van der Waals surface area contributed by atoms with E-state index in [9.17, 15) is 4.79 Å². The molecule has 4 N–H and O–H groups in total. The molecule has 0 aromatic carbocycles. The fraction of sp³-hybridized carbons (Fsp3) is 0.889.